The van der Waals surface area contributed by atoms with Crippen LogP contribution in [0.1, 0.15) is 31.2 Å². The van der Waals surface area contributed by atoms with E-state index in [1.165, 1.54) is 18.4 Å². The van der Waals surface area contributed by atoms with Gasteiger partial charge in [-0.05, 0) is 44.2 Å². The largest absolute Gasteiger partial charge is 0.389 e. The summed E-state index contributed by atoms with van der Waals surface area (Å²) in [5.74, 6) is 0. The van der Waals surface area contributed by atoms with Crippen molar-refractivity contribution in [1.82, 2.24) is 4.90 Å². The zero-order valence-corrected chi connectivity index (χ0v) is 13.9. The molecular formula is C19H29NO3. The van der Waals surface area contributed by atoms with Gasteiger partial charge in [0.15, 0.2) is 0 Å². The van der Waals surface area contributed by atoms with Crippen LogP contribution in [0, 0.1) is 0 Å². The van der Waals surface area contributed by atoms with Crippen LogP contribution in [0.3, 0.4) is 0 Å². The highest BCUT2D eigenvalue weighted by Crippen LogP contribution is 2.21. The van der Waals surface area contributed by atoms with Gasteiger partial charge in [0.25, 0.3) is 0 Å². The Balaban J connectivity index is 1.42. The Hall–Kier alpha value is -0.940. The van der Waals surface area contributed by atoms with E-state index in [4.69, 9.17) is 9.47 Å². The SMILES string of the molecule is OC(COC1CCOCC1)CN1CCCC1Cc1ccccc1. The summed E-state index contributed by atoms with van der Waals surface area (Å²) < 4.78 is 11.2. The van der Waals surface area contributed by atoms with Gasteiger partial charge in [-0.3, -0.25) is 4.90 Å². The van der Waals surface area contributed by atoms with Crippen LogP contribution in [0.25, 0.3) is 0 Å². The number of benzene rings is 1. The number of aliphatic hydroxyl groups is 1. The van der Waals surface area contributed by atoms with E-state index in [2.05, 4.69) is 35.2 Å². The van der Waals surface area contributed by atoms with Gasteiger partial charge in [0.2, 0.25) is 0 Å². The van der Waals surface area contributed by atoms with Gasteiger partial charge in [-0.25, -0.2) is 0 Å². The van der Waals surface area contributed by atoms with E-state index in [9.17, 15) is 5.11 Å². The molecule has 2 atom stereocenters. The van der Waals surface area contributed by atoms with Crippen LogP contribution in [0.5, 0.6) is 0 Å². The highest BCUT2D eigenvalue weighted by molar-refractivity contribution is 5.16. The van der Waals surface area contributed by atoms with Crippen LogP contribution in [0.4, 0.5) is 0 Å². The molecule has 0 radical (unpaired) electrons. The monoisotopic (exact) mass is 319 g/mol. The van der Waals surface area contributed by atoms with Crippen molar-refractivity contribution in [3.63, 3.8) is 0 Å². The van der Waals surface area contributed by atoms with Crippen LogP contribution >= 0.6 is 0 Å². The lowest BCUT2D eigenvalue weighted by atomic mass is 10.0. The van der Waals surface area contributed by atoms with Crippen LogP contribution in [-0.2, 0) is 15.9 Å². The molecule has 1 aromatic rings. The first-order chi connectivity index (χ1) is 11.3. The quantitative estimate of drug-likeness (QED) is 0.837. The molecule has 2 heterocycles. The van der Waals surface area contributed by atoms with Gasteiger partial charge in [0, 0.05) is 25.8 Å². The zero-order chi connectivity index (χ0) is 15.9. The number of hydrogen-bond donors (Lipinski definition) is 1. The molecule has 4 heteroatoms. The van der Waals surface area contributed by atoms with E-state index in [1.807, 2.05) is 0 Å². The average molecular weight is 319 g/mol. The molecule has 2 aliphatic rings. The van der Waals surface area contributed by atoms with Crippen molar-refractivity contribution < 1.29 is 14.6 Å². The fourth-order valence-electron chi connectivity index (χ4n) is 3.67. The topological polar surface area (TPSA) is 41.9 Å². The van der Waals surface area contributed by atoms with Gasteiger partial charge in [-0.2, -0.15) is 0 Å². The summed E-state index contributed by atoms with van der Waals surface area (Å²) in [7, 11) is 0. The summed E-state index contributed by atoms with van der Waals surface area (Å²) in [6, 6.07) is 11.2. The van der Waals surface area contributed by atoms with Gasteiger partial charge in [-0.15, -0.1) is 0 Å². The molecule has 2 fully saturated rings. The van der Waals surface area contributed by atoms with Gasteiger partial charge in [0.05, 0.1) is 18.8 Å². The van der Waals surface area contributed by atoms with E-state index in [0.717, 1.165) is 45.6 Å². The fourth-order valence-corrected chi connectivity index (χ4v) is 3.67. The summed E-state index contributed by atoms with van der Waals surface area (Å²) in [5, 5.41) is 10.3. The number of ether oxygens (including phenoxy) is 2. The highest BCUT2D eigenvalue weighted by Gasteiger charge is 2.26. The standard InChI is InChI=1S/C19H29NO3/c21-18(15-23-19-8-11-22-12-9-19)14-20-10-4-7-17(20)13-16-5-2-1-3-6-16/h1-3,5-6,17-19,21H,4,7-15H2. The molecular weight excluding hydrogens is 290 g/mol. The van der Waals surface area contributed by atoms with Crippen molar-refractivity contribution in [1.29, 1.82) is 0 Å². The number of nitrogens with zero attached hydrogens (tertiary/aromatic N) is 1. The molecule has 2 saturated heterocycles. The van der Waals surface area contributed by atoms with Crippen LogP contribution in [-0.4, -0.2) is 61.2 Å². The molecule has 4 nitrogen and oxygen atoms in total. The van der Waals surface area contributed by atoms with Crippen molar-refractivity contribution >= 4 is 0 Å². The number of aliphatic hydroxyl groups excluding tert-OH is 1. The molecule has 0 amide bonds. The summed E-state index contributed by atoms with van der Waals surface area (Å²) in [6.07, 6.45) is 5.30. The lowest BCUT2D eigenvalue weighted by Gasteiger charge is -2.28. The molecule has 0 aliphatic carbocycles. The van der Waals surface area contributed by atoms with Gasteiger partial charge >= 0.3 is 0 Å². The summed E-state index contributed by atoms with van der Waals surface area (Å²) in [6.45, 7) is 3.82. The minimum atomic E-state index is -0.394. The second-order valence-electron chi connectivity index (χ2n) is 6.78. The van der Waals surface area contributed by atoms with Crippen molar-refractivity contribution in [3.8, 4) is 0 Å². The molecule has 3 rings (SSSR count). The van der Waals surface area contributed by atoms with E-state index in [1.54, 1.807) is 0 Å². The second-order valence-corrected chi connectivity index (χ2v) is 6.78. The van der Waals surface area contributed by atoms with E-state index in [0.29, 0.717) is 12.6 Å². The summed E-state index contributed by atoms with van der Waals surface area (Å²) >= 11 is 0. The van der Waals surface area contributed by atoms with E-state index >= 15 is 0 Å². The lowest BCUT2D eigenvalue weighted by molar-refractivity contribution is -0.0646. The maximum Gasteiger partial charge on any atom is 0.0900 e. The first kappa shape index (κ1) is 16.9. The minimum Gasteiger partial charge on any atom is -0.389 e. The molecule has 0 saturated carbocycles. The first-order valence-corrected chi connectivity index (χ1v) is 8.96. The summed E-state index contributed by atoms with van der Waals surface area (Å²) in [4.78, 5) is 2.44. The summed E-state index contributed by atoms with van der Waals surface area (Å²) in [5.41, 5.74) is 1.39. The van der Waals surface area contributed by atoms with Crippen LogP contribution < -0.4 is 0 Å². The predicted octanol–water partition coefficient (Wildman–Crippen LogP) is 2.25. The lowest BCUT2D eigenvalue weighted by Crippen LogP contribution is -2.40. The Morgan fingerprint density at radius 1 is 1.17 bits per heavy atom. The molecule has 1 N–H and O–H groups in total. The van der Waals surface area contributed by atoms with Crippen LogP contribution in [0.2, 0.25) is 0 Å². The Kier molecular flexibility index (Phi) is 6.46. The van der Waals surface area contributed by atoms with Gasteiger partial charge in [0.1, 0.15) is 0 Å². The molecule has 0 bridgehead atoms. The van der Waals surface area contributed by atoms with Crippen molar-refractivity contribution in [2.24, 2.45) is 0 Å². The molecule has 2 unspecified atom stereocenters. The first-order valence-electron chi connectivity index (χ1n) is 8.96. The maximum atomic E-state index is 10.3. The van der Waals surface area contributed by atoms with Crippen molar-refractivity contribution in [2.75, 3.05) is 32.9 Å². The molecule has 1 aromatic carbocycles. The average Bonchev–Trinajstić information content (AvgIpc) is 3.02. The third-order valence-corrected chi connectivity index (χ3v) is 4.95. The highest BCUT2D eigenvalue weighted by atomic mass is 16.5. The zero-order valence-electron chi connectivity index (χ0n) is 13.9. The number of β-amino-alcohol motifs (C(OH)–C–C–N with tert-alkyl or cyclic N) is 1. The molecule has 128 valence electrons. The maximum absolute atomic E-state index is 10.3. The van der Waals surface area contributed by atoms with Crippen LogP contribution in [0.15, 0.2) is 30.3 Å². The molecule has 2 aliphatic heterocycles. The van der Waals surface area contributed by atoms with Gasteiger partial charge < -0.3 is 14.6 Å². The Morgan fingerprint density at radius 2 is 1.96 bits per heavy atom. The normalized spacial score (nSPS) is 24.8. The fraction of sp³-hybridized carbons (Fsp3) is 0.684. The van der Waals surface area contributed by atoms with Gasteiger partial charge in [-0.1, -0.05) is 30.3 Å². The van der Waals surface area contributed by atoms with E-state index < -0.39 is 6.10 Å². The Labute approximate surface area is 139 Å². The second kappa shape index (κ2) is 8.78. The predicted molar refractivity (Wildman–Crippen MR) is 90.5 cm³/mol. The minimum absolute atomic E-state index is 0.261. The molecule has 23 heavy (non-hydrogen) atoms. The number of rotatable bonds is 7. The van der Waals surface area contributed by atoms with Crippen molar-refractivity contribution in [2.45, 2.75) is 50.4 Å². The third-order valence-electron chi connectivity index (χ3n) is 4.95. The van der Waals surface area contributed by atoms with E-state index in [-0.39, 0.29) is 6.10 Å². The number of hydrogen-bond acceptors (Lipinski definition) is 4. The Morgan fingerprint density at radius 3 is 2.74 bits per heavy atom. The molecule has 0 aromatic heterocycles. The van der Waals surface area contributed by atoms with Crippen molar-refractivity contribution in [3.05, 3.63) is 35.9 Å². The smallest absolute Gasteiger partial charge is 0.0900 e. The number of likely N-dealkylation sites (tertiary alicyclic amines) is 1. The molecule has 0 spiro atoms. The Bertz CT molecular complexity index is 447. The third kappa shape index (κ3) is 5.28.